The number of amides is 1. The van der Waals surface area contributed by atoms with Crippen LogP contribution in [0.25, 0.3) is 0 Å². The van der Waals surface area contributed by atoms with E-state index < -0.39 is 33.7 Å². The standard InChI is InChI=1S/C13H21N3O5S2/c1-5-16(6-2)23(20,21)7-10(17)14-9(4)12-15-8(3)11(22-12)13(18)19/h9H,5-7H2,1-4H3,(H,14,17)(H,18,19). The van der Waals surface area contributed by atoms with Crippen molar-refractivity contribution in [2.75, 3.05) is 18.8 Å². The summed E-state index contributed by atoms with van der Waals surface area (Å²) in [5.41, 5.74) is 0.370. The van der Waals surface area contributed by atoms with Crippen LogP contribution in [0.2, 0.25) is 0 Å². The Morgan fingerprint density at radius 2 is 1.91 bits per heavy atom. The normalized spacial score (nSPS) is 13.1. The quantitative estimate of drug-likeness (QED) is 0.711. The van der Waals surface area contributed by atoms with E-state index in [-0.39, 0.29) is 4.88 Å². The first-order chi connectivity index (χ1) is 10.6. The molecule has 130 valence electrons. The predicted octanol–water partition coefficient (Wildman–Crippen LogP) is 0.999. The molecule has 23 heavy (non-hydrogen) atoms. The zero-order valence-electron chi connectivity index (χ0n) is 13.5. The molecule has 0 bridgehead atoms. The average Bonchev–Trinajstić information content (AvgIpc) is 2.81. The second kappa shape index (κ2) is 7.84. The van der Waals surface area contributed by atoms with E-state index in [1.54, 1.807) is 27.7 Å². The first kappa shape index (κ1) is 19.5. The van der Waals surface area contributed by atoms with Crippen molar-refractivity contribution in [1.29, 1.82) is 0 Å². The van der Waals surface area contributed by atoms with Crippen LogP contribution < -0.4 is 5.32 Å². The summed E-state index contributed by atoms with van der Waals surface area (Å²) in [7, 11) is -3.66. The molecular formula is C13H21N3O5S2. The van der Waals surface area contributed by atoms with E-state index in [2.05, 4.69) is 10.3 Å². The fourth-order valence-electron chi connectivity index (χ4n) is 2.02. The second-order valence-electron chi connectivity index (χ2n) is 4.90. The summed E-state index contributed by atoms with van der Waals surface area (Å²) in [6.07, 6.45) is 0. The number of hydrogen-bond donors (Lipinski definition) is 2. The number of sulfonamides is 1. The maximum absolute atomic E-state index is 12.0. The number of carboxylic acid groups (broad SMARTS) is 1. The SMILES string of the molecule is CCN(CC)S(=O)(=O)CC(=O)NC(C)c1nc(C)c(C(=O)O)s1. The van der Waals surface area contributed by atoms with Gasteiger partial charge in [0.2, 0.25) is 15.9 Å². The minimum atomic E-state index is -3.66. The van der Waals surface area contributed by atoms with Gasteiger partial charge in [-0.2, -0.15) is 0 Å². The monoisotopic (exact) mass is 363 g/mol. The summed E-state index contributed by atoms with van der Waals surface area (Å²) in [6.45, 7) is 7.21. The zero-order chi connectivity index (χ0) is 17.8. The van der Waals surface area contributed by atoms with Gasteiger partial charge in [0.05, 0.1) is 11.7 Å². The molecule has 0 fully saturated rings. The van der Waals surface area contributed by atoms with Crippen molar-refractivity contribution in [1.82, 2.24) is 14.6 Å². The number of hydrogen-bond acceptors (Lipinski definition) is 6. The first-order valence-corrected chi connectivity index (χ1v) is 9.52. The number of aromatic nitrogens is 1. The number of aryl methyl sites for hydroxylation is 1. The molecule has 0 saturated carbocycles. The van der Waals surface area contributed by atoms with Crippen molar-refractivity contribution in [2.45, 2.75) is 33.7 Å². The highest BCUT2D eigenvalue weighted by Gasteiger charge is 2.25. The Morgan fingerprint density at radius 3 is 2.35 bits per heavy atom. The van der Waals surface area contributed by atoms with E-state index in [1.807, 2.05) is 0 Å². The van der Waals surface area contributed by atoms with E-state index in [0.29, 0.717) is 23.8 Å². The van der Waals surface area contributed by atoms with Crippen LogP contribution >= 0.6 is 11.3 Å². The number of thiazole rings is 1. The van der Waals surface area contributed by atoms with Gasteiger partial charge >= 0.3 is 5.97 Å². The molecule has 1 atom stereocenters. The maximum Gasteiger partial charge on any atom is 0.347 e. The van der Waals surface area contributed by atoms with Gasteiger partial charge in [-0.1, -0.05) is 13.8 Å². The predicted molar refractivity (Wildman–Crippen MR) is 87.1 cm³/mol. The molecule has 0 aliphatic rings. The molecule has 0 aliphatic heterocycles. The molecule has 8 nitrogen and oxygen atoms in total. The van der Waals surface area contributed by atoms with Gasteiger partial charge in [-0.15, -0.1) is 11.3 Å². The van der Waals surface area contributed by atoms with Gasteiger partial charge in [0, 0.05) is 13.1 Å². The topological polar surface area (TPSA) is 117 Å². The van der Waals surface area contributed by atoms with E-state index in [4.69, 9.17) is 5.11 Å². The second-order valence-corrected chi connectivity index (χ2v) is 7.90. The van der Waals surface area contributed by atoms with Crippen molar-refractivity contribution in [3.8, 4) is 0 Å². The van der Waals surface area contributed by atoms with E-state index >= 15 is 0 Å². The zero-order valence-corrected chi connectivity index (χ0v) is 15.1. The van der Waals surface area contributed by atoms with Gasteiger partial charge in [-0.25, -0.2) is 22.5 Å². The van der Waals surface area contributed by atoms with Crippen LogP contribution in [0.4, 0.5) is 0 Å². The molecule has 2 N–H and O–H groups in total. The van der Waals surface area contributed by atoms with Crippen LogP contribution in [0.15, 0.2) is 0 Å². The van der Waals surface area contributed by atoms with Gasteiger partial charge in [0.1, 0.15) is 15.6 Å². The lowest BCUT2D eigenvalue weighted by atomic mass is 10.3. The number of carbonyl (C=O) groups is 2. The minimum Gasteiger partial charge on any atom is -0.477 e. The van der Waals surface area contributed by atoms with Crippen molar-refractivity contribution in [3.63, 3.8) is 0 Å². The number of nitrogens with one attached hydrogen (secondary N) is 1. The molecule has 1 rings (SSSR count). The molecule has 0 radical (unpaired) electrons. The molecule has 0 aliphatic carbocycles. The van der Waals surface area contributed by atoms with Crippen LogP contribution in [0.1, 0.15) is 47.2 Å². The van der Waals surface area contributed by atoms with Crippen molar-refractivity contribution in [2.24, 2.45) is 0 Å². The third-order valence-electron chi connectivity index (χ3n) is 3.17. The van der Waals surface area contributed by atoms with Crippen LogP contribution in [0.5, 0.6) is 0 Å². The summed E-state index contributed by atoms with van der Waals surface area (Å²) >= 11 is 0.966. The van der Waals surface area contributed by atoms with Gasteiger partial charge < -0.3 is 10.4 Å². The van der Waals surface area contributed by atoms with Crippen LogP contribution in [0, 0.1) is 6.92 Å². The molecule has 1 heterocycles. The smallest absolute Gasteiger partial charge is 0.347 e. The molecule has 10 heteroatoms. The Morgan fingerprint density at radius 1 is 1.35 bits per heavy atom. The summed E-state index contributed by atoms with van der Waals surface area (Å²) in [4.78, 5) is 27.2. The maximum atomic E-state index is 12.0. The summed E-state index contributed by atoms with van der Waals surface area (Å²) in [6, 6.07) is -0.564. The van der Waals surface area contributed by atoms with E-state index in [0.717, 1.165) is 11.3 Å². The third-order valence-corrected chi connectivity index (χ3v) is 6.43. The fourth-order valence-corrected chi connectivity index (χ4v) is 4.31. The number of carboxylic acids is 1. The summed E-state index contributed by atoms with van der Waals surface area (Å²) in [5, 5.41) is 12.0. The molecule has 1 amide bonds. The highest BCUT2D eigenvalue weighted by Crippen LogP contribution is 2.23. The summed E-state index contributed by atoms with van der Waals surface area (Å²) in [5.74, 6) is -2.36. The average molecular weight is 363 g/mol. The highest BCUT2D eigenvalue weighted by atomic mass is 32.2. The number of nitrogens with zero attached hydrogens (tertiary/aromatic N) is 2. The van der Waals surface area contributed by atoms with Crippen LogP contribution in [-0.2, 0) is 14.8 Å². The number of aromatic carboxylic acids is 1. The van der Waals surface area contributed by atoms with Crippen molar-refractivity contribution >= 4 is 33.2 Å². The van der Waals surface area contributed by atoms with E-state index in [1.165, 1.54) is 4.31 Å². The van der Waals surface area contributed by atoms with Gasteiger partial charge in [-0.3, -0.25) is 4.79 Å². The lowest BCUT2D eigenvalue weighted by molar-refractivity contribution is -0.119. The molecule has 0 spiro atoms. The Kier molecular flexibility index (Phi) is 6.66. The number of carbonyl (C=O) groups excluding carboxylic acids is 1. The molecule has 1 unspecified atom stereocenters. The lowest BCUT2D eigenvalue weighted by Crippen LogP contribution is -2.39. The Labute approximate surface area is 139 Å². The van der Waals surface area contributed by atoms with Crippen LogP contribution in [0.3, 0.4) is 0 Å². The fraction of sp³-hybridized carbons (Fsp3) is 0.615. The highest BCUT2D eigenvalue weighted by molar-refractivity contribution is 7.89. The Hall–Kier alpha value is -1.52. The number of rotatable bonds is 8. The molecular weight excluding hydrogens is 342 g/mol. The molecule has 0 aromatic carbocycles. The van der Waals surface area contributed by atoms with Gasteiger partial charge in [0.25, 0.3) is 0 Å². The van der Waals surface area contributed by atoms with Gasteiger partial charge in [0.15, 0.2) is 0 Å². The van der Waals surface area contributed by atoms with Crippen molar-refractivity contribution < 1.29 is 23.1 Å². The Balaban J connectivity index is 2.78. The largest absolute Gasteiger partial charge is 0.477 e. The lowest BCUT2D eigenvalue weighted by Gasteiger charge is -2.18. The molecule has 1 aromatic heterocycles. The molecule has 0 saturated heterocycles. The third kappa shape index (κ3) is 4.98. The van der Waals surface area contributed by atoms with Gasteiger partial charge in [-0.05, 0) is 13.8 Å². The van der Waals surface area contributed by atoms with Crippen LogP contribution in [-0.4, -0.2) is 53.5 Å². The van der Waals surface area contributed by atoms with Crippen molar-refractivity contribution in [3.05, 3.63) is 15.6 Å². The first-order valence-electron chi connectivity index (χ1n) is 7.10. The summed E-state index contributed by atoms with van der Waals surface area (Å²) < 4.78 is 25.3. The Bertz CT molecular complexity index is 680. The molecule has 1 aromatic rings. The van der Waals surface area contributed by atoms with E-state index in [9.17, 15) is 18.0 Å². The minimum absolute atomic E-state index is 0.108.